The van der Waals surface area contributed by atoms with Crippen LogP contribution in [0.4, 0.5) is 10.1 Å². The Morgan fingerprint density at radius 1 is 1.00 bits per heavy atom. The predicted molar refractivity (Wildman–Crippen MR) is 127 cm³/mol. The predicted octanol–water partition coefficient (Wildman–Crippen LogP) is 2.82. The molecule has 1 aliphatic rings. The number of anilines is 1. The molecule has 0 bridgehead atoms. The number of hydrogen-bond acceptors (Lipinski definition) is 4. The first-order valence-corrected chi connectivity index (χ1v) is 11.9. The van der Waals surface area contributed by atoms with E-state index in [-0.39, 0.29) is 18.0 Å². The van der Waals surface area contributed by atoms with Gasteiger partial charge in [-0.25, -0.2) is 13.3 Å². The smallest absolute Gasteiger partial charge is 0.252 e. The van der Waals surface area contributed by atoms with Crippen LogP contribution in [0, 0.1) is 5.82 Å². The van der Waals surface area contributed by atoms with Crippen LogP contribution in [-0.4, -0.2) is 41.3 Å². The maximum Gasteiger partial charge on any atom is 0.252 e. The van der Waals surface area contributed by atoms with Crippen molar-refractivity contribution >= 4 is 28.5 Å². The number of rotatable bonds is 9. The molecule has 2 atom stereocenters. The monoisotopic (exact) mass is 481 g/mol. The van der Waals surface area contributed by atoms with E-state index in [1.165, 1.54) is 18.2 Å². The highest BCUT2D eigenvalue weighted by atomic mass is 32.2. The van der Waals surface area contributed by atoms with Crippen molar-refractivity contribution in [3.8, 4) is 0 Å². The first-order chi connectivity index (χ1) is 16.5. The minimum absolute atomic E-state index is 0.0701. The highest BCUT2D eigenvalue weighted by Crippen LogP contribution is 2.15. The number of halogens is 1. The summed E-state index contributed by atoms with van der Waals surface area (Å²) in [6.07, 6.45) is 0.253. The maximum atomic E-state index is 13.5. The molecule has 0 saturated carbocycles. The second kappa shape index (κ2) is 11.1. The van der Waals surface area contributed by atoms with Gasteiger partial charge in [0.2, 0.25) is 5.91 Å². The lowest BCUT2D eigenvalue weighted by Gasteiger charge is -2.26. The number of benzene rings is 3. The van der Waals surface area contributed by atoms with Crippen molar-refractivity contribution in [2.75, 3.05) is 18.5 Å². The lowest BCUT2D eigenvalue weighted by Crippen LogP contribution is -2.46. The molecule has 176 valence electrons. The molecular formula is C25H24FN3O4S. The number of hydrogen-bond donors (Lipinski definition) is 3. The van der Waals surface area contributed by atoms with Gasteiger partial charge < -0.3 is 15.4 Å². The summed E-state index contributed by atoms with van der Waals surface area (Å²) in [6.45, 7) is 1.06. The first-order valence-electron chi connectivity index (χ1n) is 10.7. The number of carbonyl (C=O) groups is 2. The minimum atomic E-state index is -1.38. The Kier molecular flexibility index (Phi) is 7.79. The van der Waals surface area contributed by atoms with Crippen molar-refractivity contribution in [2.45, 2.75) is 23.4 Å². The molecule has 34 heavy (non-hydrogen) atoms. The molecule has 0 aromatic heterocycles. The zero-order valence-corrected chi connectivity index (χ0v) is 19.0. The zero-order chi connectivity index (χ0) is 23.9. The Balaban J connectivity index is 1.44. The van der Waals surface area contributed by atoms with Crippen LogP contribution < -0.4 is 15.4 Å². The van der Waals surface area contributed by atoms with Crippen LogP contribution in [0.15, 0.2) is 83.8 Å². The molecule has 2 unspecified atom stereocenters. The molecule has 3 aromatic carbocycles. The molecule has 9 heteroatoms. The van der Waals surface area contributed by atoms with Gasteiger partial charge in [-0.05, 0) is 48.0 Å². The Hall–Kier alpha value is -3.40. The summed E-state index contributed by atoms with van der Waals surface area (Å²) in [6, 6.07) is 20.4. The van der Waals surface area contributed by atoms with Crippen LogP contribution in [0.2, 0.25) is 0 Å². The second-order valence-electron chi connectivity index (χ2n) is 7.86. The summed E-state index contributed by atoms with van der Waals surface area (Å²) < 4.78 is 33.9. The molecule has 1 heterocycles. The van der Waals surface area contributed by atoms with Gasteiger partial charge in [0.25, 0.3) is 5.91 Å². The van der Waals surface area contributed by atoms with Gasteiger partial charge in [0.15, 0.2) is 0 Å². The van der Waals surface area contributed by atoms with Gasteiger partial charge in [-0.3, -0.25) is 9.59 Å². The van der Waals surface area contributed by atoms with Crippen LogP contribution >= 0.6 is 0 Å². The van der Waals surface area contributed by atoms with E-state index in [9.17, 15) is 18.2 Å². The van der Waals surface area contributed by atoms with Crippen molar-refractivity contribution in [2.24, 2.45) is 0 Å². The molecule has 0 radical (unpaired) electrons. The Labute approximate surface area is 199 Å². The van der Waals surface area contributed by atoms with E-state index in [1.54, 1.807) is 24.3 Å². The van der Waals surface area contributed by atoms with E-state index in [0.29, 0.717) is 23.8 Å². The topological polar surface area (TPSA) is 96.5 Å². The molecule has 1 saturated heterocycles. The number of carbonyl (C=O) groups excluding carboxylic acids is 2. The van der Waals surface area contributed by atoms with Gasteiger partial charge >= 0.3 is 0 Å². The lowest BCUT2D eigenvalue weighted by molar-refractivity contribution is -0.118. The maximum absolute atomic E-state index is 13.5. The molecule has 0 spiro atoms. The van der Waals surface area contributed by atoms with E-state index >= 15 is 0 Å². The Bertz CT molecular complexity index is 1170. The third-order valence-corrected chi connectivity index (χ3v) is 6.49. The van der Waals surface area contributed by atoms with Crippen LogP contribution in [0.3, 0.4) is 0 Å². The minimum Gasteiger partial charge on any atom is -0.378 e. The normalized spacial score (nSPS) is 15.1. The SMILES string of the molecule is O=C(NC(Cc1ccccc1)C(=O)Nc1ccc(S(=O)NC2COC2)cc1)c1cccc(F)c1. The van der Waals surface area contributed by atoms with Crippen molar-refractivity contribution in [3.63, 3.8) is 0 Å². The Morgan fingerprint density at radius 3 is 2.38 bits per heavy atom. The largest absolute Gasteiger partial charge is 0.378 e. The third kappa shape index (κ3) is 6.34. The van der Waals surface area contributed by atoms with E-state index in [0.717, 1.165) is 11.6 Å². The van der Waals surface area contributed by atoms with Gasteiger partial charge in [-0.15, -0.1) is 0 Å². The average Bonchev–Trinajstić information content (AvgIpc) is 2.82. The number of ether oxygens (including phenoxy) is 1. The lowest BCUT2D eigenvalue weighted by atomic mass is 10.0. The number of nitrogens with one attached hydrogen (secondary N) is 3. The second-order valence-corrected chi connectivity index (χ2v) is 9.11. The summed E-state index contributed by atoms with van der Waals surface area (Å²) in [7, 11) is -1.38. The fourth-order valence-electron chi connectivity index (χ4n) is 3.34. The fourth-order valence-corrected chi connectivity index (χ4v) is 4.30. The van der Waals surface area contributed by atoms with Gasteiger partial charge in [0.05, 0.1) is 24.2 Å². The van der Waals surface area contributed by atoms with Crippen LogP contribution in [0.5, 0.6) is 0 Å². The van der Waals surface area contributed by atoms with Gasteiger partial charge in [0, 0.05) is 17.7 Å². The van der Waals surface area contributed by atoms with E-state index in [4.69, 9.17) is 4.74 Å². The molecular weight excluding hydrogens is 457 g/mol. The quantitative estimate of drug-likeness (QED) is 0.438. The van der Waals surface area contributed by atoms with Crippen LogP contribution in [-0.2, 0) is 26.9 Å². The van der Waals surface area contributed by atoms with Crippen molar-refractivity contribution in [3.05, 3.63) is 95.8 Å². The highest BCUT2D eigenvalue weighted by Gasteiger charge is 2.23. The number of amides is 2. The van der Waals surface area contributed by atoms with Gasteiger partial charge in [-0.1, -0.05) is 36.4 Å². The fraction of sp³-hybridized carbons (Fsp3) is 0.200. The summed E-state index contributed by atoms with van der Waals surface area (Å²) in [5.41, 5.74) is 1.48. The summed E-state index contributed by atoms with van der Waals surface area (Å²) >= 11 is 0. The summed E-state index contributed by atoms with van der Waals surface area (Å²) in [5.74, 6) is -1.51. The van der Waals surface area contributed by atoms with E-state index in [1.807, 2.05) is 30.3 Å². The van der Waals surface area contributed by atoms with Crippen molar-refractivity contribution in [1.29, 1.82) is 0 Å². The third-order valence-electron chi connectivity index (χ3n) is 5.24. The van der Waals surface area contributed by atoms with E-state index < -0.39 is 34.7 Å². The average molecular weight is 482 g/mol. The zero-order valence-electron chi connectivity index (χ0n) is 18.2. The molecule has 3 N–H and O–H groups in total. The first kappa shape index (κ1) is 23.7. The summed E-state index contributed by atoms with van der Waals surface area (Å²) in [5, 5.41) is 5.50. The van der Waals surface area contributed by atoms with Crippen LogP contribution in [0.1, 0.15) is 15.9 Å². The Morgan fingerprint density at radius 2 is 1.74 bits per heavy atom. The molecule has 7 nitrogen and oxygen atoms in total. The summed E-state index contributed by atoms with van der Waals surface area (Å²) in [4.78, 5) is 26.3. The van der Waals surface area contributed by atoms with Crippen LogP contribution in [0.25, 0.3) is 0 Å². The van der Waals surface area contributed by atoms with Gasteiger partial charge in [-0.2, -0.15) is 0 Å². The van der Waals surface area contributed by atoms with Crippen molar-refractivity contribution < 1.29 is 22.9 Å². The molecule has 4 rings (SSSR count). The molecule has 2 amide bonds. The standard InChI is InChI=1S/C25H24FN3O4S/c26-19-8-4-7-18(14-19)24(30)28-23(13-17-5-2-1-3-6-17)25(31)27-20-9-11-22(12-10-20)34(32)29-21-15-33-16-21/h1-12,14,21,23,29H,13,15-16H2,(H,27,31)(H,28,30). The van der Waals surface area contributed by atoms with E-state index in [2.05, 4.69) is 15.4 Å². The molecule has 3 aromatic rings. The highest BCUT2D eigenvalue weighted by molar-refractivity contribution is 7.83. The molecule has 1 aliphatic heterocycles. The molecule has 1 fully saturated rings. The molecule has 0 aliphatic carbocycles. The van der Waals surface area contributed by atoms with Gasteiger partial charge in [0.1, 0.15) is 22.8 Å². The van der Waals surface area contributed by atoms with Crippen molar-refractivity contribution in [1.82, 2.24) is 10.0 Å².